The van der Waals surface area contributed by atoms with Gasteiger partial charge in [0.15, 0.2) is 6.23 Å². The molecule has 0 bridgehead atoms. The lowest BCUT2D eigenvalue weighted by Crippen LogP contribution is -2.53. The molecule has 2 aromatic rings. The number of H-pyrrole nitrogens is 1. The first kappa shape index (κ1) is 29.8. The van der Waals surface area contributed by atoms with Crippen molar-refractivity contribution < 1.29 is 33.0 Å². The number of rotatable bonds is 13. The number of nitrogens with one attached hydrogen (secondary N) is 2. The van der Waals surface area contributed by atoms with Gasteiger partial charge in [0.2, 0.25) is 0 Å². The monoisotopic (exact) mass is 554 g/mol. The lowest BCUT2D eigenvalue weighted by atomic mass is 9.93. The second-order valence-electron chi connectivity index (χ2n) is 9.28. The molecule has 210 valence electrons. The quantitative estimate of drug-likeness (QED) is 0.160. The van der Waals surface area contributed by atoms with Gasteiger partial charge in [-0.25, -0.2) is 9.36 Å². The van der Waals surface area contributed by atoms with Crippen molar-refractivity contribution in [3.05, 3.63) is 63.4 Å². The fourth-order valence-electron chi connectivity index (χ4n) is 3.86. The van der Waals surface area contributed by atoms with Crippen molar-refractivity contribution in [3.63, 3.8) is 0 Å². The van der Waals surface area contributed by atoms with Crippen LogP contribution in [-0.4, -0.2) is 57.6 Å². The van der Waals surface area contributed by atoms with Gasteiger partial charge in [0.25, 0.3) is 5.56 Å². The molecule has 0 spiro atoms. The molecule has 14 heteroatoms. The van der Waals surface area contributed by atoms with E-state index >= 15 is 0 Å². The molecule has 0 saturated carbocycles. The molecule has 0 amide bonds. The number of hydrogen-bond donors (Lipinski definition) is 4. The second-order valence-corrected chi connectivity index (χ2v) is 11.0. The van der Waals surface area contributed by atoms with Crippen molar-refractivity contribution in [2.45, 2.75) is 70.1 Å². The van der Waals surface area contributed by atoms with Gasteiger partial charge in [-0.3, -0.25) is 23.7 Å². The summed E-state index contributed by atoms with van der Waals surface area (Å²) in [5.41, 5.74) is 3.42. The number of nitrogens with two attached hydrogens (primary N) is 1. The Labute approximate surface area is 219 Å². The highest BCUT2D eigenvalue weighted by atomic mass is 31.2. The zero-order valence-corrected chi connectivity index (χ0v) is 22.5. The molecule has 1 aromatic carbocycles. The fraction of sp³-hybridized carbons (Fsp3) is 0.542. The number of hydrogen-bond acceptors (Lipinski definition) is 10. The first-order valence-electron chi connectivity index (χ1n) is 12.3. The number of carbonyl (C=O) groups is 1. The van der Waals surface area contributed by atoms with Gasteiger partial charge in [-0.05, 0) is 32.4 Å². The minimum absolute atomic E-state index is 0.209. The van der Waals surface area contributed by atoms with E-state index in [1.165, 1.54) is 20.0 Å². The van der Waals surface area contributed by atoms with E-state index in [4.69, 9.17) is 24.3 Å². The third kappa shape index (κ3) is 7.40. The van der Waals surface area contributed by atoms with Crippen LogP contribution in [-0.2, 0) is 23.4 Å². The Morgan fingerprint density at radius 1 is 1.29 bits per heavy atom. The maximum Gasteiger partial charge on any atom is 0.459 e. The zero-order chi connectivity index (χ0) is 27.9. The molecule has 0 aliphatic carbocycles. The minimum atomic E-state index is -4.22. The molecule has 6 atom stereocenters. The summed E-state index contributed by atoms with van der Waals surface area (Å²) in [4.78, 5) is 38.3. The van der Waals surface area contributed by atoms with Crippen molar-refractivity contribution in [2.24, 2.45) is 5.73 Å². The van der Waals surface area contributed by atoms with Crippen molar-refractivity contribution in [1.29, 1.82) is 0 Å². The van der Waals surface area contributed by atoms with Gasteiger partial charge in [0.1, 0.15) is 24.0 Å². The molecule has 38 heavy (non-hydrogen) atoms. The Kier molecular flexibility index (Phi) is 10.0. The zero-order valence-electron chi connectivity index (χ0n) is 21.6. The highest BCUT2D eigenvalue weighted by Crippen LogP contribution is 2.46. The van der Waals surface area contributed by atoms with Crippen molar-refractivity contribution in [1.82, 2.24) is 14.6 Å². The third-order valence-corrected chi connectivity index (χ3v) is 7.65. The summed E-state index contributed by atoms with van der Waals surface area (Å²) in [6, 6.07) is 8.26. The van der Waals surface area contributed by atoms with Gasteiger partial charge >= 0.3 is 19.4 Å². The second kappa shape index (κ2) is 12.8. The van der Waals surface area contributed by atoms with Gasteiger partial charge in [0.05, 0.1) is 18.8 Å². The SMILES string of the molecule is CCCCCOC(=O)[C@H](C)NP(=O)(OC[C@H]1O[C@@H](n2ccc(=O)[nH]c2=O)[C@](C)(N)[C@@H]1O)Oc1ccccc1. The van der Waals surface area contributed by atoms with Crippen LogP contribution in [0.15, 0.2) is 52.2 Å². The van der Waals surface area contributed by atoms with Crippen molar-refractivity contribution in [2.75, 3.05) is 13.2 Å². The van der Waals surface area contributed by atoms with E-state index in [0.717, 1.165) is 23.5 Å². The standard InChI is InChI=1S/C24H35N4O9P/c1-4-5-9-14-34-21(31)16(2)27-38(33,37-17-10-7-6-8-11-17)35-15-18-20(30)24(3,25)22(36-18)28-13-12-19(29)26-23(28)32/h6-8,10-13,16,18,20,22,30H,4-5,9,14-15,25H2,1-3H3,(H,27,33)(H,26,29,32)/t16-,18+,20+,22+,24+,38?/m0/s1. The third-order valence-electron chi connectivity index (χ3n) is 6.00. The Hall–Kier alpha value is -2.80. The molecule has 1 unspecified atom stereocenters. The van der Waals surface area contributed by atoms with Crippen LogP contribution >= 0.6 is 7.75 Å². The molecule has 1 aromatic heterocycles. The largest absolute Gasteiger partial charge is 0.465 e. The van der Waals surface area contributed by atoms with Crippen LogP contribution in [0.4, 0.5) is 0 Å². The number of aliphatic hydroxyl groups excluding tert-OH is 1. The van der Waals surface area contributed by atoms with E-state index in [1.54, 1.807) is 30.3 Å². The van der Waals surface area contributed by atoms with Crippen LogP contribution in [0.25, 0.3) is 0 Å². The number of carbonyl (C=O) groups excluding carboxylic acids is 1. The lowest BCUT2D eigenvalue weighted by molar-refractivity contribution is -0.145. The molecule has 3 rings (SSSR count). The molecule has 1 aliphatic heterocycles. The Bertz CT molecular complexity index is 1230. The van der Waals surface area contributed by atoms with Crippen LogP contribution < -0.4 is 26.6 Å². The summed E-state index contributed by atoms with van der Waals surface area (Å²) in [5.74, 6) is -0.424. The van der Waals surface area contributed by atoms with Crippen molar-refractivity contribution in [3.8, 4) is 5.75 Å². The maximum atomic E-state index is 13.7. The van der Waals surface area contributed by atoms with E-state index in [9.17, 15) is 24.1 Å². The van der Waals surface area contributed by atoms with Crippen molar-refractivity contribution >= 4 is 13.7 Å². The number of aromatic amines is 1. The number of unbranched alkanes of at least 4 members (excludes halogenated alkanes) is 2. The van der Waals surface area contributed by atoms with E-state index < -0.39 is 61.6 Å². The normalized spacial score (nSPS) is 25.4. The topological polar surface area (TPSA) is 184 Å². The number of ether oxygens (including phenoxy) is 2. The van der Waals surface area contributed by atoms with E-state index in [0.29, 0.717) is 6.42 Å². The van der Waals surface area contributed by atoms with Gasteiger partial charge < -0.3 is 24.8 Å². The summed E-state index contributed by atoms with van der Waals surface area (Å²) in [6.07, 6.45) is 0.105. The summed E-state index contributed by atoms with van der Waals surface area (Å²) in [5, 5.41) is 13.4. The number of aliphatic hydroxyl groups is 1. The summed E-state index contributed by atoms with van der Waals surface area (Å²) < 4.78 is 37.0. The van der Waals surface area contributed by atoms with Crippen LogP contribution in [0.1, 0.15) is 46.3 Å². The smallest absolute Gasteiger partial charge is 0.459 e. The van der Waals surface area contributed by atoms with Crippen LogP contribution in [0, 0.1) is 0 Å². The molecule has 2 heterocycles. The molecule has 1 aliphatic rings. The highest BCUT2D eigenvalue weighted by Gasteiger charge is 2.52. The van der Waals surface area contributed by atoms with E-state index in [-0.39, 0.29) is 12.4 Å². The molecule has 1 saturated heterocycles. The summed E-state index contributed by atoms with van der Waals surface area (Å²) in [7, 11) is -4.22. The molecular weight excluding hydrogens is 519 g/mol. The first-order chi connectivity index (χ1) is 18.0. The average molecular weight is 555 g/mol. The van der Waals surface area contributed by atoms with Crippen LogP contribution in [0.2, 0.25) is 0 Å². The highest BCUT2D eigenvalue weighted by molar-refractivity contribution is 7.52. The van der Waals surface area contributed by atoms with Gasteiger partial charge in [-0.1, -0.05) is 38.0 Å². The van der Waals surface area contributed by atoms with E-state index in [1.807, 2.05) is 6.92 Å². The van der Waals surface area contributed by atoms with Gasteiger partial charge in [-0.15, -0.1) is 0 Å². The molecule has 13 nitrogen and oxygen atoms in total. The first-order valence-corrected chi connectivity index (χ1v) is 13.9. The van der Waals surface area contributed by atoms with Gasteiger partial charge in [0, 0.05) is 12.3 Å². The number of aromatic nitrogens is 2. The number of benzene rings is 1. The Morgan fingerprint density at radius 2 is 2.00 bits per heavy atom. The molecule has 1 fully saturated rings. The lowest BCUT2D eigenvalue weighted by Gasteiger charge is -2.28. The Morgan fingerprint density at radius 3 is 2.66 bits per heavy atom. The minimum Gasteiger partial charge on any atom is -0.465 e. The average Bonchev–Trinajstić information content (AvgIpc) is 3.09. The number of para-hydroxylation sites is 1. The molecule has 0 radical (unpaired) electrons. The fourth-order valence-corrected chi connectivity index (χ4v) is 5.36. The summed E-state index contributed by atoms with van der Waals surface area (Å²) >= 11 is 0. The molecular formula is C24H35N4O9P. The predicted molar refractivity (Wildman–Crippen MR) is 138 cm³/mol. The molecule has 5 N–H and O–H groups in total. The predicted octanol–water partition coefficient (Wildman–Crippen LogP) is 1.43. The van der Waals surface area contributed by atoms with E-state index in [2.05, 4.69) is 10.1 Å². The maximum absolute atomic E-state index is 13.7. The Balaban J connectivity index is 1.74. The van der Waals surface area contributed by atoms with Crippen LogP contribution in [0.3, 0.4) is 0 Å². The number of nitrogens with zero attached hydrogens (tertiary/aromatic N) is 1. The van der Waals surface area contributed by atoms with Gasteiger partial charge in [-0.2, -0.15) is 5.09 Å². The summed E-state index contributed by atoms with van der Waals surface area (Å²) in [6.45, 7) is 4.71. The number of esters is 1. The van der Waals surface area contributed by atoms with Crippen LogP contribution in [0.5, 0.6) is 5.75 Å².